The molecule has 24 heavy (non-hydrogen) atoms. The van der Waals surface area contributed by atoms with Crippen LogP contribution in [0.4, 0.5) is 0 Å². The number of phenolic OH excluding ortho intramolecular Hbond substituents is 1. The molecule has 134 valence electrons. The summed E-state index contributed by atoms with van der Waals surface area (Å²) in [6.07, 6.45) is 2.03. The first-order chi connectivity index (χ1) is 11.6. The number of rotatable bonds is 7. The second-order valence-corrected chi connectivity index (χ2v) is 6.32. The van der Waals surface area contributed by atoms with Crippen LogP contribution in [0.5, 0.6) is 11.5 Å². The Morgan fingerprint density at radius 1 is 1.33 bits per heavy atom. The molecule has 1 heterocycles. The molecule has 0 aliphatic carbocycles. The molecule has 1 aromatic carbocycles. The van der Waals surface area contributed by atoms with Crippen LogP contribution in [0.15, 0.2) is 18.2 Å². The van der Waals surface area contributed by atoms with Crippen molar-refractivity contribution < 1.29 is 14.6 Å². The summed E-state index contributed by atoms with van der Waals surface area (Å²) in [5, 5.41) is 9.81. The van der Waals surface area contributed by atoms with Crippen LogP contribution in [0.25, 0.3) is 0 Å². The van der Waals surface area contributed by atoms with E-state index in [-0.39, 0.29) is 17.6 Å². The quantitative estimate of drug-likeness (QED) is 0.833. The highest BCUT2D eigenvalue weighted by molar-refractivity contribution is 5.79. The molecule has 5 nitrogen and oxygen atoms in total. The fourth-order valence-electron chi connectivity index (χ4n) is 3.38. The van der Waals surface area contributed by atoms with Gasteiger partial charge in [0, 0.05) is 26.2 Å². The number of likely N-dealkylation sites (tertiary alicyclic amines) is 1. The van der Waals surface area contributed by atoms with Crippen molar-refractivity contribution in [1.82, 2.24) is 9.80 Å². The summed E-state index contributed by atoms with van der Waals surface area (Å²) < 4.78 is 5.46. The second kappa shape index (κ2) is 8.92. The van der Waals surface area contributed by atoms with E-state index in [1.165, 1.54) is 0 Å². The number of piperidine rings is 1. The van der Waals surface area contributed by atoms with Gasteiger partial charge in [0.05, 0.1) is 12.5 Å². The van der Waals surface area contributed by atoms with Crippen LogP contribution in [0, 0.1) is 5.92 Å². The first-order valence-corrected chi connectivity index (χ1v) is 9.04. The predicted molar refractivity (Wildman–Crippen MR) is 95.2 cm³/mol. The molecule has 1 aromatic rings. The Kier molecular flexibility index (Phi) is 6.91. The Balaban J connectivity index is 2.00. The Bertz CT molecular complexity index is 543. The maximum absolute atomic E-state index is 12.6. The molecule has 1 N–H and O–H groups in total. The molecule has 1 unspecified atom stereocenters. The van der Waals surface area contributed by atoms with Crippen LogP contribution in [0.3, 0.4) is 0 Å². The number of nitrogens with zero attached hydrogens (tertiary/aromatic N) is 2. The SMILES string of the molecule is CCOc1cc(CN2CCCC(C(=O)N(CC)CC)C2)ccc1O. The molecule has 5 heteroatoms. The van der Waals surface area contributed by atoms with E-state index in [1.807, 2.05) is 37.8 Å². The van der Waals surface area contributed by atoms with Gasteiger partial charge in [0.25, 0.3) is 0 Å². The number of amides is 1. The van der Waals surface area contributed by atoms with Crippen molar-refractivity contribution in [3.63, 3.8) is 0 Å². The third-order valence-corrected chi connectivity index (χ3v) is 4.66. The van der Waals surface area contributed by atoms with Crippen molar-refractivity contribution in [3.8, 4) is 11.5 Å². The van der Waals surface area contributed by atoms with Gasteiger partial charge in [0.1, 0.15) is 0 Å². The zero-order valence-corrected chi connectivity index (χ0v) is 15.1. The van der Waals surface area contributed by atoms with Crippen molar-refractivity contribution in [1.29, 1.82) is 0 Å². The Hall–Kier alpha value is -1.75. The highest BCUT2D eigenvalue weighted by atomic mass is 16.5. The van der Waals surface area contributed by atoms with Crippen molar-refractivity contribution >= 4 is 5.91 Å². The predicted octanol–water partition coefficient (Wildman–Crippen LogP) is 2.87. The number of ether oxygens (including phenoxy) is 1. The van der Waals surface area contributed by atoms with Gasteiger partial charge in [0.15, 0.2) is 11.5 Å². The molecule has 1 amide bonds. The molecule has 1 saturated heterocycles. The van der Waals surface area contributed by atoms with Crippen LogP contribution >= 0.6 is 0 Å². The number of hydrogen-bond acceptors (Lipinski definition) is 4. The topological polar surface area (TPSA) is 53.0 Å². The lowest BCUT2D eigenvalue weighted by Crippen LogP contribution is -2.44. The van der Waals surface area contributed by atoms with Gasteiger partial charge in [0.2, 0.25) is 5.91 Å². The number of hydrogen-bond donors (Lipinski definition) is 1. The van der Waals surface area contributed by atoms with Crippen LogP contribution in [0.2, 0.25) is 0 Å². The fraction of sp³-hybridized carbons (Fsp3) is 0.632. The van der Waals surface area contributed by atoms with Crippen LogP contribution in [0.1, 0.15) is 39.2 Å². The summed E-state index contributed by atoms with van der Waals surface area (Å²) in [5.74, 6) is 1.09. The van der Waals surface area contributed by atoms with E-state index in [1.54, 1.807) is 6.07 Å². The van der Waals surface area contributed by atoms with E-state index in [2.05, 4.69) is 4.90 Å². The molecule has 0 saturated carbocycles. The minimum Gasteiger partial charge on any atom is -0.504 e. The fourth-order valence-corrected chi connectivity index (χ4v) is 3.38. The Morgan fingerprint density at radius 2 is 2.08 bits per heavy atom. The van der Waals surface area contributed by atoms with Crippen molar-refractivity contribution in [3.05, 3.63) is 23.8 Å². The summed E-state index contributed by atoms with van der Waals surface area (Å²) in [6, 6.07) is 5.51. The van der Waals surface area contributed by atoms with Gasteiger partial charge in [-0.3, -0.25) is 9.69 Å². The summed E-state index contributed by atoms with van der Waals surface area (Å²) in [4.78, 5) is 16.9. The molecule has 0 aromatic heterocycles. The maximum atomic E-state index is 12.6. The molecule has 1 fully saturated rings. The summed E-state index contributed by atoms with van der Waals surface area (Å²) >= 11 is 0. The number of benzene rings is 1. The number of carbonyl (C=O) groups excluding carboxylic acids is 1. The monoisotopic (exact) mass is 334 g/mol. The first kappa shape index (κ1) is 18.6. The van der Waals surface area contributed by atoms with E-state index < -0.39 is 0 Å². The van der Waals surface area contributed by atoms with Gasteiger partial charge in [-0.15, -0.1) is 0 Å². The largest absolute Gasteiger partial charge is 0.504 e. The molecular formula is C19H30N2O3. The molecule has 0 bridgehead atoms. The highest BCUT2D eigenvalue weighted by Gasteiger charge is 2.28. The number of phenols is 1. The van der Waals surface area contributed by atoms with Crippen LogP contribution < -0.4 is 4.74 Å². The second-order valence-electron chi connectivity index (χ2n) is 6.32. The summed E-state index contributed by atoms with van der Waals surface area (Å²) in [6.45, 7) is 10.7. The minimum absolute atomic E-state index is 0.0992. The van der Waals surface area contributed by atoms with Crippen molar-refractivity contribution in [2.45, 2.75) is 40.2 Å². The van der Waals surface area contributed by atoms with Gasteiger partial charge in [-0.25, -0.2) is 0 Å². The van der Waals surface area contributed by atoms with Crippen molar-refractivity contribution in [2.75, 3.05) is 32.8 Å². The van der Waals surface area contributed by atoms with E-state index >= 15 is 0 Å². The molecule has 1 aliphatic heterocycles. The summed E-state index contributed by atoms with van der Waals surface area (Å²) in [5.41, 5.74) is 1.10. The van der Waals surface area contributed by atoms with Gasteiger partial charge in [-0.05, 0) is 57.9 Å². The van der Waals surface area contributed by atoms with Crippen molar-refractivity contribution in [2.24, 2.45) is 5.92 Å². The average Bonchev–Trinajstić information content (AvgIpc) is 2.59. The number of aromatic hydroxyl groups is 1. The third-order valence-electron chi connectivity index (χ3n) is 4.66. The smallest absolute Gasteiger partial charge is 0.226 e. The average molecular weight is 334 g/mol. The zero-order chi connectivity index (χ0) is 17.5. The lowest BCUT2D eigenvalue weighted by atomic mass is 9.96. The van der Waals surface area contributed by atoms with Crippen LogP contribution in [-0.4, -0.2) is 53.6 Å². The maximum Gasteiger partial charge on any atom is 0.226 e. The van der Waals surface area contributed by atoms with E-state index in [9.17, 15) is 9.90 Å². The third kappa shape index (κ3) is 4.63. The van der Waals surface area contributed by atoms with Gasteiger partial charge < -0.3 is 14.7 Å². The van der Waals surface area contributed by atoms with Crippen LogP contribution in [-0.2, 0) is 11.3 Å². The van der Waals surface area contributed by atoms with E-state index in [0.29, 0.717) is 12.4 Å². The number of carbonyl (C=O) groups is 1. The molecule has 2 rings (SSSR count). The standard InChI is InChI=1S/C19H30N2O3/c1-4-21(5-2)19(23)16-8-7-11-20(14-16)13-15-9-10-17(22)18(12-15)24-6-3/h9-10,12,16,22H,4-8,11,13-14H2,1-3H3. The molecule has 0 radical (unpaired) electrons. The minimum atomic E-state index is 0.0992. The van der Waals surface area contributed by atoms with E-state index in [4.69, 9.17) is 4.74 Å². The zero-order valence-electron chi connectivity index (χ0n) is 15.1. The molecule has 1 atom stereocenters. The van der Waals surface area contributed by atoms with E-state index in [0.717, 1.165) is 51.1 Å². The Labute approximate surface area is 145 Å². The lowest BCUT2D eigenvalue weighted by molar-refractivity contribution is -0.137. The lowest BCUT2D eigenvalue weighted by Gasteiger charge is -2.34. The van der Waals surface area contributed by atoms with Gasteiger partial charge in [-0.2, -0.15) is 0 Å². The first-order valence-electron chi connectivity index (χ1n) is 9.04. The Morgan fingerprint density at radius 3 is 2.75 bits per heavy atom. The molecule has 1 aliphatic rings. The normalized spacial score (nSPS) is 18.4. The molecule has 0 spiro atoms. The van der Waals surface area contributed by atoms with Gasteiger partial charge in [-0.1, -0.05) is 6.07 Å². The summed E-state index contributed by atoms with van der Waals surface area (Å²) in [7, 11) is 0. The van der Waals surface area contributed by atoms with Gasteiger partial charge >= 0.3 is 0 Å². The highest BCUT2D eigenvalue weighted by Crippen LogP contribution is 2.28. The molecular weight excluding hydrogens is 304 g/mol.